The molecule has 6 nitrogen and oxygen atoms in total. The summed E-state index contributed by atoms with van der Waals surface area (Å²) in [5.41, 5.74) is 0.833. The largest absolute Gasteiger partial charge is 0.805 e. The van der Waals surface area contributed by atoms with Crippen LogP contribution in [-0.4, -0.2) is 17.6 Å². The fourth-order valence-corrected chi connectivity index (χ4v) is 2.67. The molecule has 0 aliphatic rings. The molecule has 25 heavy (non-hydrogen) atoms. The standard InChI is InChI=1S/C19H16N2O4/c1-12(14-8-10-15(25-3)11-9-14)19(22)18-13(2)20(23)16-6-4-5-7-17(16)21(18)24/h4-11H,1H2,2-3H3. The van der Waals surface area contributed by atoms with Gasteiger partial charge < -0.3 is 14.7 Å². The third-order valence-electron chi connectivity index (χ3n) is 4.10. The van der Waals surface area contributed by atoms with Crippen molar-refractivity contribution in [1.82, 2.24) is 4.73 Å². The number of ketones is 1. The molecule has 1 aromatic heterocycles. The van der Waals surface area contributed by atoms with E-state index in [4.69, 9.17) is 4.74 Å². The second kappa shape index (κ2) is 6.24. The maximum atomic E-state index is 12.8. The second-order valence-electron chi connectivity index (χ2n) is 5.55. The lowest BCUT2D eigenvalue weighted by atomic mass is 10.00. The quantitative estimate of drug-likeness (QED) is 0.417. The summed E-state index contributed by atoms with van der Waals surface area (Å²) in [6, 6.07) is 13.1. The molecule has 1 heterocycles. The van der Waals surface area contributed by atoms with E-state index >= 15 is 0 Å². The van der Waals surface area contributed by atoms with Crippen LogP contribution in [0.5, 0.6) is 5.75 Å². The van der Waals surface area contributed by atoms with Crippen molar-refractivity contribution in [1.29, 1.82) is 0 Å². The first-order valence-corrected chi connectivity index (χ1v) is 7.58. The van der Waals surface area contributed by atoms with Gasteiger partial charge in [0.25, 0.3) is 11.3 Å². The number of hydrogen-bond donors (Lipinski definition) is 0. The number of nitrogens with zero attached hydrogens (tertiary/aromatic N) is 2. The second-order valence-corrected chi connectivity index (χ2v) is 5.55. The number of fused-ring (bicyclic) bond motifs is 1. The van der Waals surface area contributed by atoms with Crippen LogP contribution in [0.3, 0.4) is 0 Å². The molecule has 0 saturated carbocycles. The van der Waals surface area contributed by atoms with Gasteiger partial charge >= 0.3 is 5.69 Å². The minimum atomic E-state index is -0.590. The van der Waals surface area contributed by atoms with Crippen molar-refractivity contribution in [2.75, 3.05) is 7.11 Å². The third-order valence-corrected chi connectivity index (χ3v) is 4.10. The van der Waals surface area contributed by atoms with E-state index in [1.807, 2.05) is 0 Å². The van der Waals surface area contributed by atoms with Crippen molar-refractivity contribution in [3.05, 3.63) is 82.2 Å². The predicted molar refractivity (Wildman–Crippen MR) is 95.2 cm³/mol. The van der Waals surface area contributed by atoms with E-state index < -0.39 is 5.78 Å². The van der Waals surface area contributed by atoms with Crippen molar-refractivity contribution in [2.45, 2.75) is 6.92 Å². The van der Waals surface area contributed by atoms with Crippen molar-refractivity contribution in [2.24, 2.45) is 0 Å². The normalized spacial score (nSPS) is 10.6. The lowest BCUT2D eigenvalue weighted by Gasteiger charge is -2.16. The van der Waals surface area contributed by atoms with Gasteiger partial charge in [0.1, 0.15) is 11.3 Å². The van der Waals surface area contributed by atoms with Gasteiger partial charge in [-0.1, -0.05) is 30.8 Å². The van der Waals surface area contributed by atoms with Crippen LogP contribution < -0.4 is 9.16 Å². The molecule has 2 aromatic carbocycles. The SMILES string of the molecule is C=C(C(=O)c1c(C)n([O-])c2ccccc2[n+]1=O)c1ccc(OC)cc1. The van der Waals surface area contributed by atoms with Gasteiger partial charge in [0, 0.05) is 16.5 Å². The van der Waals surface area contributed by atoms with Gasteiger partial charge in [-0.3, -0.25) is 4.79 Å². The molecule has 126 valence electrons. The first-order valence-electron chi connectivity index (χ1n) is 7.58. The van der Waals surface area contributed by atoms with E-state index in [1.54, 1.807) is 43.5 Å². The number of allylic oxidation sites excluding steroid dienone is 1. The highest BCUT2D eigenvalue weighted by Gasteiger charge is 2.29. The highest BCUT2D eigenvalue weighted by Crippen LogP contribution is 2.22. The molecule has 0 spiro atoms. The van der Waals surface area contributed by atoms with Crippen LogP contribution in [-0.2, 0) is 0 Å². The Kier molecular flexibility index (Phi) is 4.10. The van der Waals surface area contributed by atoms with Crippen molar-refractivity contribution < 1.29 is 14.0 Å². The molecule has 0 amide bonds. The summed E-state index contributed by atoms with van der Waals surface area (Å²) < 4.78 is 6.17. The van der Waals surface area contributed by atoms with Crippen LogP contribution in [0, 0.1) is 17.0 Å². The Hall–Kier alpha value is -3.41. The molecule has 6 heteroatoms. The van der Waals surface area contributed by atoms with Gasteiger partial charge in [-0.15, -0.1) is 0 Å². The number of carbonyl (C=O) groups is 1. The minimum Gasteiger partial charge on any atom is -0.805 e. The molecular weight excluding hydrogens is 320 g/mol. The number of ether oxygens (including phenoxy) is 1. The van der Waals surface area contributed by atoms with Crippen LogP contribution in [0.4, 0.5) is 0 Å². The number of para-hydroxylation sites is 2. The molecule has 0 fully saturated rings. The maximum Gasteiger partial charge on any atom is 0.329 e. The Morgan fingerprint density at radius 1 is 1.16 bits per heavy atom. The summed E-state index contributed by atoms with van der Waals surface area (Å²) >= 11 is 0. The van der Waals surface area contributed by atoms with E-state index in [9.17, 15) is 14.9 Å². The first kappa shape index (κ1) is 16.4. The summed E-state index contributed by atoms with van der Waals surface area (Å²) in [6.07, 6.45) is 0. The van der Waals surface area contributed by atoms with Gasteiger partial charge in [0.2, 0.25) is 0 Å². The Morgan fingerprint density at radius 2 is 1.80 bits per heavy atom. The molecule has 0 atom stereocenters. The number of carbonyl (C=O) groups excluding carboxylic acids is 1. The summed E-state index contributed by atoms with van der Waals surface area (Å²) in [7, 11) is 1.54. The Morgan fingerprint density at radius 3 is 2.44 bits per heavy atom. The lowest BCUT2D eigenvalue weighted by molar-refractivity contribution is -0.468. The predicted octanol–water partition coefficient (Wildman–Crippen LogP) is 3.11. The topological polar surface area (TPSA) is 77.3 Å². The van der Waals surface area contributed by atoms with E-state index in [1.165, 1.54) is 19.1 Å². The maximum absolute atomic E-state index is 12.8. The highest BCUT2D eigenvalue weighted by atomic mass is 16.5. The van der Waals surface area contributed by atoms with Crippen molar-refractivity contribution in [3.63, 3.8) is 0 Å². The number of aromatic nitrogens is 2. The zero-order chi connectivity index (χ0) is 18.1. The lowest BCUT2D eigenvalue weighted by Crippen LogP contribution is -2.30. The van der Waals surface area contributed by atoms with Gasteiger partial charge in [-0.05, 0) is 30.7 Å². The van der Waals surface area contributed by atoms with E-state index in [0.29, 0.717) is 20.5 Å². The van der Waals surface area contributed by atoms with Crippen LogP contribution in [0.15, 0.2) is 55.1 Å². The molecule has 0 N–H and O–H groups in total. The molecule has 0 aliphatic heterocycles. The average Bonchev–Trinajstić information content (AvgIpc) is 2.65. The van der Waals surface area contributed by atoms with Crippen molar-refractivity contribution >= 4 is 22.4 Å². The summed E-state index contributed by atoms with van der Waals surface area (Å²) in [6.45, 7) is 5.24. The Balaban J connectivity index is 2.13. The summed E-state index contributed by atoms with van der Waals surface area (Å²) in [5.74, 6) is 0.0511. The zero-order valence-electron chi connectivity index (χ0n) is 13.9. The fraction of sp³-hybridized carbons (Fsp3) is 0.105. The van der Waals surface area contributed by atoms with E-state index in [2.05, 4.69) is 6.58 Å². The third kappa shape index (κ3) is 2.67. The smallest absolute Gasteiger partial charge is 0.329 e. The summed E-state index contributed by atoms with van der Waals surface area (Å²) in [4.78, 5) is 25.5. The zero-order valence-corrected chi connectivity index (χ0v) is 13.9. The monoisotopic (exact) mass is 336 g/mol. The Bertz CT molecular complexity index is 1050. The van der Waals surface area contributed by atoms with Gasteiger partial charge in [-0.2, -0.15) is 0 Å². The number of hydrogen-bond acceptors (Lipinski definition) is 4. The van der Waals surface area contributed by atoms with Crippen LogP contribution in [0.25, 0.3) is 16.6 Å². The molecule has 0 aliphatic carbocycles. The number of methoxy groups -OCH3 is 1. The number of Topliss-reactive ketones (excluding diaryl/α,β-unsaturated/α-hetero) is 1. The molecule has 0 saturated heterocycles. The molecule has 0 bridgehead atoms. The molecule has 3 rings (SSSR count). The molecule has 3 aromatic rings. The number of rotatable bonds is 4. The Labute approximate surface area is 143 Å². The fourth-order valence-electron chi connectivity index (χ4n) is 2.67. The summed E-state index contributed by atoms with van der Waals surface area (Å²) in [5, 5.41) is 12.4. The van der Waals surface area contributed by atoms with Crippen LogP contribution in [0.1, 0.15) is 21.7 Å². The van der Waals surface area contributed by atoms with Gasteiger partial charge in [0.05, 0.1) is 17.2 Å². The molecule has 0 radical (unpaired) electrons. The van der Waals surface area contributed by atoms with E-state index in [0.717, 1.165) is 0 Å². The first-order chi connectivity index (χ1) is 12.0. The average molecular weight is 336 g/mol. The minimum absolute atomic E-state index is 0.0355. The van der Waals surface area contributed by atoms with Gasteiger partial charge in [-0.25, -0.2) is 0 Å². The van der Waals surface area contributed by atoms with E-state index in [-0.39, 0.29) is 28.0 Å². The number of benzene rings is 2. The van der Waals surface area contributed by atoms with Crippen LogP contribution in [0.2, 0.25) is 0 Å². The van der Waals surface area contributed by atoms with Crippen LogP contribution >= 0.6 is 0 Å². The molecule has 0 unspecified atom stereocenters. The van der Waals surface area contributed by atoms with Crippen molar-refractivity contribution in [3.8, 4) is 5.75 Å². The molecular formula is C19H16N2O4. The van der Waals surface area contributed by atoms with Gasteiger partial charge in [0.15, 0.2) is 0 Å². The highest BCUT2D eigenvalue weighted by molar-refractivity contribution is 6.27.